The van der Waals surface area contributed by atoms with Crippen molar-refractivity contribution in [1.82, 2.24) is 24.9 Å². The van der Waals surface area contributed by atoms with Crippen LogP contribution in [0.25, 0.3) is 22.5 Å². The molecule has 0 aliphatic heterocycles. The maximum absolute atomic E-state index is 4.61. The van der Waals surface area contributed by atoms with Gasteiger partial charge in [-0.3, -0.25) is 0 Å². The van der Waals surface area contributed by atoms with Crippen LogP contribution in [0, 0.1) is 6.92 Å². The van der Waals surface area contributed by atoms with Gasteiger partial charge in [-0.15, -0.1) is 0 Å². The van der Waals surface area contributed by atoms with E-state index < -0.39 is 0 Å². The van der Waals surface area contributed by atoms with Gasteiger partial charge < -0.3 is 0 Å². The zero-order valence-corrected chi connectivity index (χ0v) is 10.4. The van der Waals surface area contributed by atoms with E-state index in [2.05, 4.69) is 24.9 Å². The Bertz CT molecular complexity index is 625. The number of rotatable bonds is 2. The fourth-order valence-corrected chi connectivity index (χ4v) is 1.83. The monoisotopic (exact) mass is 249 g/mol. The Morgan fingerprint density at radius 1 is 0.684 bits per heavy atom. The van der Waals surface area contributed by atoms with Gasteiger partial charge in [-0.2, -0.15) is 0 Å². The molecule has 0 amide bonds. The third-order valence-corrected chi connectivity index (χ3v) is 2.68. The van der Waals surface area contributed by atoms with E-state index in [4.69, 9.17) is 0 Å². The van der Waals surface area contributed by atoms with Crippen LogP contribution in [0.15, 0.2) is 49.6 Å². The summed E-state index contributed by atoms with van der Waals surface area (Å²) in [6.07, 6.45) is 10.0. The summed E-state index contributed by atoms with van der Waals surface area (Å²) in [4.78, 5) is 20.7. The molecule has 3 heterocycles. The number of nitrogens with zero attached hydrogens (tertiary/aromatic N) is 5. The molecule has 0 N–H and O–H groups in total. The fraction of sp³-hybridized carbons (Fsp3) is 0.0714. The average Bonchev–Trinajstić information content (AvgIpc) is 2.48. The normalized spacial score (nSPS) is 10.4. The molecule has 5 nitrogen and oxygen atoms in total. The lowest BCUT2D eigenvalue weighted by molar-refractivity contribution is 1.14. The minimum absolute atomic E-state index is 0.847. The molecule has 0 spiro atoms. The van der Waals surface area contributed by atoms with Crippen molar-refractivity contribution in [2.75, 3.05) is 0 Å². The maximum atomic E-state index is 4.61. The van der Waals surface area contributed by atoms with Gasteiger partial charge in [0.05, 0.1) is 11.4 Å². The zero-order chi connectivity index (χ0) is 13.1. The summed E-state index contributed by atoms with van der Waals surface area (Å²) in [6.45, 7) is 2.03. The van der Waals surface area contributed by atoms with Gasteiger partial charge in [0.2, 0.25) is 0 Å². The van der Waals surface area contributed by atoms with Crippen LogP contribution in [0.1, 0.15) is 5.56 Å². The summed E-state index contributed by atoms with van der Waals surface area (Å²) < 4.78 is 0. The van der Waals surface area contributed by atoms with Crippen molar-refractivity contribution >= 4 is 0 Å². The summed E-state index contributed by atoms with van der Waals surface area (Å²) in [5.41, 5.74) is 4.60. The molecule has 0 bridgehead atoms. The summed E-state index contributed by atoms with van der Waals surface area (Å²) in [7, 11) is 0. The predicted molar refractivity (Wildman–Crippen MR) is 71.0 cm³/mol. The van der Waals surface area contributed by atoms with Crippen molar-refractivity contribution in [3.63, 3.8) is 0 Å². The van der Waals surface area contributed by atoms with E-state index in [9.17, 15) is 0 Å². The van der Waals surface area contributed by atoms with Crippen molar-refractivity contribution in [2.45, 2.75) is 6.92 Å². The maximum Gasteiger partial charge on any atom is 0.115 e. The van der Waals surface area contributed by atoms with Crippen molar-refractivity contribution < 1.29 is 0 Å². The van der Waals surface area contributed by atoms with E-state index in [1.807, 2.05) is 19.1 Å². The van der Waals surface area contributed by atoms with E-state index in [0.717, 1.165) is 28.1 Å². The second-order valence-corrected chi connectivity index (χ2v) is 4.17. The van der Waals surface area contributed by atoms with Crippen molar-refractivity contribution in [2.24, 2.45) is 0 Å². The molecule has 3 rings (SSSR count). The lowest BCUT2D eigenvalue weighted by Crippen LogP contribution is -1.92. The van der Waals surface area contributed by atoms with Gasteiger partial charge >= 0.3 is 0 Å². The highest BCUT2D eigenvalue weighted by Gasteiger charge is 2.06. The minimum atomic E-state index is 0.847. The molecule has 3 aromatic heterocycles. The van der Waals surface area contributed by atoms with Crippen LogP contribution in [0.2, 0.25) is 0 Å². The van der Waals surface area contributed by atoms with Crippen molar-refractivity contribution in [3.8, 4) is 22.5 Å². The molecule has 5 heteroatoms. The summed E-state index contributed by atoms with van der Waals surface area (Å²) in [5.74, 6) is 0. The van der Waals surface area contributed by atoms with Crippen LogP contribution in [0.4, 0.5) is 0 Å². The van der Waals surface area contributed by atoms with Crippen LogP contribution < -0.4 is 0 Å². The summed E-state index contributed by atoms with van der Waals surface area (Å²) in [6, 6.07) is 4.01. The largest absolute Gasteiger partial charge is 0.248 e. The summed E-state index contributed by atoms with van der Waals surface area (Å²) >= 11 is 0. The predicted octanol–water partition coefficient (Wildman–Crippen LogP) is 2.30. The lowest BCUT2D eigenvalue weighted by atomic mass is 10.1. The molecule has 0 aliphatic carbocycles. The SMILES string of the molecule is Cc1cc(-c2cncnc2)nc(-c2cncnc2)c1. The highest BCUT2D eigenvalue weighted by molar-refractivity contribution is 5.65. The number of hydrogen-bond acceptors (Lipinski definition) is 5. The van der Waals surface area contributed by atoms with Gasteiger partial charge in [0.15, 0.2) is 0 Å². The van der Waals surface area contributed by atoms with Crippen LogP contribution in [-0.4, -0.2) is 24.9 Å². The van der Waals surface area contributed by atoms with Crippen LogP contribution in [0.3, 0.4) is 0 Å². The van der Waals surface area contributed by atoms with Gasteiger partial charge in [0, 0.05) is 35.9 Å². The van der Waals surface area contributed by atoms with E-state index in [1.54, 1.807) is 24.8 Å². The Kier molecular flexibility index (Phi) is 2.94. The molecule has 3 aromatic rings. The number of hydrogen-bond donors (Lipinski definition) is 0. The molecule has 0 aliphatic rings. The molecule has 0 saturated heterocycles. The van der Waals surface area contributed by atoms with Crippen molar-refractivity contribution in [1.29, 1.82) is 0 Å². The molecule has 0 saturated carbocycles. The first-order valence-corrected chi connectivity index (χ1v) is 5.82. The highest BCUT2D eigenvalue weighted by atomic mass is 14.8. The molecular weight excluding hydrogens is 238 g/mol. The van der Waals surface area contributed by atoms with Gasteiger partial charge in [0.1, 0.15) is 12.7 Å². The standard InChI is InChI=1S/C14H11N5/c1-10-2-13(11-4-15-8-16-5-11)19-14(3-10)12-6-17-9-18-7-12/h2-9H,1H3. The Morgan fingerprint density at radius 3 is 1.53 bits per heavy atom. The first-order chi connectivity index (χ1) is 9.33. The third-order valence-electron chi connectivity index (χ3n) is 2.68. The number of aryl methyl sites for hydroxylation is 1. The molecule has 0 fully saturated rings. The van der Waals surface area contributed by atoms with E-state index in [1.165, 1.54) is 12.7 Å². The minimum Gasteiger partial charge on any atom is -0.248 e. The molecule has 19 heavy (non-hydrogen) atoms. The number of pyridine rings is 1. The fourth-order valence-electron chi connectivity index (χ4n) is 1.83. The third kappa shape index (κ3) is 2.44. The van der Waals surface area contributed by atoms with Gasteiger partial charge in [-0.05, 0) is 24.6 Å². The quantitative estimate of drug-likeness (QED) is 0.697. The Morgan fingerprint density at radius 2 is 1.11 bits per heavy atom. The van der Waals surface area contributed by atoms with E-state index in [0.29, 0.717) is 0 Å². The van der Waals surface area contributed by atoms with Crippen LogP contribution >= 0.6 is 0 Å². The lowest BCUT2D eigenvalue weighted by Gasteiger charge is -2.06. The first kappa shape index (κ1) is 11.4. The Labute approximate surface area is 110 Å². The topological polar surface area (TPSA) is 64.5 Å². The molecule has 0 unspecified atom stereocenters. The Hall–Kier alpha value is -2.69. The molecule has 92 valence electrons. The molecule has 0 aromatic carbocycles. The van der Waals surface area contributed by atoms with Gasteiger partial charge in [-0.1, -0.05) is 0 Å². The zero-order valence-electron chi connectivity index (χ0n) is 10.4. The van der Waals surface area contributed by atoms with Gasteiger partial charge in [-0.25, -0.2) is 24.9 Å². The number of aromatic nitrogens is 5. The van der Waals surface area contributed by atoms with E-state index >= 15 is 0 Å². The van der Waals surface area contributed by atoms with E-state index in [-0.39, 0.29) is 0 Å². The average molecular weight is 249 g/mol. The van der Waals surface area contributed by atoms with Crippen LogP contribution in [0.5, 0.6) is 0 Å². The highest BCUT2D eigenvalue weighted by Crippen LogP contribution is 2.22. The molecule has 0 radical (unpaired) electrons. The smallest absolute Gasteiger partial charge is 0.115 e. The van der Waals surface area contributed by atoms with Gasteiger partial charge in [0.25, 0.3) is 0 Å². The van der Waals surface area contributed by atoms with Crippen LogP contribution in [-0.2, 0) is 0 Å². The Balaban J connectivity index is 2.12. The summed E-state index contributed by atoms with van der Waals surface area (Å²) in [5, 5.41) is 0. The first-order valence-electron chi connectivity index (χ1n) is 5.82. The second kappa shape index (κ2) is 4.89. The molecular formula is C14H11N5. The second-order valence-electron chi connectivity index (χ2n) is 4.17. The van der Waals surface area contributed by atoms with Crippen molar-refractivity contribution in [3.05, 3.63) is 55.1 Å². The molecule has 0 atom stereocenters.